The highest BCUT2D eigenvalue weighted by Crippen LogP contribution is 2.30. The van der Waals surface area contributed by atoms with E-state index in [1.807, 2.05) is 12.1 Å². The Morgan fingerprint density at radius 2 is 2.00 bits per heavy atom. The van der Waals surface area contributed by atoms with Crippen molar-refractivity contribution in [1.82, 2.24) is 4.90 Å². The van der Waals surface area contributed by atoms with Crippen LogP contribution in [0.3, 0.4) is 0 Å². The number of nitrogens with two attached hydrogens (primary N) is 1. The molecule has 1 unspecified atom stereocenters. The lowest BCUT2D eigenvalue weighted by Crippen LogP contribution is -2.36. The summed E-state index contributed by atoms with van der Waals surface area (Å²) in [6, 6.07) is 7.32. The highest BCUT2D eigenvalue weighted by molar-refractivity contribution is 5.20. The molecule has 0 spiro atoms. The van der Waals surface area contributed by atoms with Crippen LogP contribution in [0.2, 0.25) is 0 Å². The number of halogens is 1. The summed E-state index contributed by atoms with van der Waals surface area (Å²) in [5.74, 6) is -0.162. The fraction of sp³-hybridized carbons (Fsp3) is 0.538. The topological polar surface area (TPSA) is 29.3 Å². The minimum Gasteiger partial charge on any atom is -0.329 e. The lowest BCUT2D eigenvalue weighted by Gasteiger charge is -2.35. The molecular formula is C13H19FN2. The molecule has 3 heteroatoms. The first-order chi connectivity index (χ1) is 7.81. The van der Waals surface area contributed by atoms with E-state index in [1.165, 1.54) is 18.4 Å². The molecule has 0 radical (unpaired) electrons. The van der Waals surface area contributed by atoms with E-state index in [0.717, 1.165) is 19.5 Å². The molecule has 1 aliphatic heterocycles. The molecule has 16 heavy (non-hydrogen) atoms. The van der Waals surface area contributed by atoms with Gasteiger partial charge >= 0.3 is 0 Å². The van der Waals surface area contributed by atoms with Crippen molar-refractivity contribution in [2.45, 2.75) is 25.3 Å². The van der Waals surface area contributed by atoms with E-state index in [-0.39, 0.29) is 5.82 Å². The molecule has 0 aromatic heterocycles. The first-order valence-corrected chi connectivity index (χ1v) is 6.01. The predicted octanol–water partition coefficient (Wildman–Crippen LogP) is 2.31. The summed E-state index contributed by atoms with van der Waals surface area (Å²) in [6.07, 6.45) is 3.66. The van der Waals surface area contributed by atoms with Crippen LogP contribution in [0.1, 0.15) is 30.9 Å². The highest BCUT2D eigenvalue weighted by Gasteiger charge is 2.22. The molecule has 0 saturated carbocycles. The second-order valence-corrected chi connectivity index (χ2v) is 4.39. The van der Waals surface area contributed by atoms with Crippen molar-refractivity contribution in [1.29, 1.82) is 0 Å². The highest BCUT2D eigenvalue weighted by atomic mass is 19.1. The van der Waals surface area contributed by atoms with Crippen molar-refractivity contribution >= 4 is 0 Å². The largest absolute Gasteiger partial charge is 0.329 e. The van der Waals surface area contributed by atoms with Crippen molar-refractivity contribution in [2.24, 2.45) is 5.73 Å². The summed E-state index contributed by atoms with van der Waals surface area (Å²) in [5, 5.41) is 0. The Bertz CT molecular complexity index is 321. The van der Waals surface area contributed by atoms with Crippen LogP contribution < -0.4 is 5.73 Å². The van der Waals surface area contributed by atoms with E-state index < -0.39 is 0 Å². The molecule has 1 fully saturated rings. The van der Waals surface area contributed by atoms with Gasteiger partial charge in [0.05, 0.1) is 0 Å². The second kappa shape index (κ2) is 5.41. The summed E-state index contributed by atoms with van der Waals surface area (Å²) < 4.78 is 12.9. The van der Waals surface area contributed by atoms with Gasteiger partial charge in [0.25, 0.3) is 0 Å². The molecule has 2 nitrogen and oxygen atoms in total. The van der Waals surface area contributed by atoms with Crippen LogP contribution in [0, 0.1) is 5.82 Å². The number of benzene rings is 1. The van der Waals surface area contributed by atoms with Crippen molar-refractivity contribution in [3.63, 3.8) is 0 Å². The number of hydrogen-bond acceptors (Lipinski definition) is 2. The number of hydrogen-bond donors (Lipinski definition) is 1. The molecule has 1 heterocycles. The van der Waals surface area contributed by atoms with Crippen LogP contribution in [0.5, 0.6) is 0 Å². The van der Waals surface area contributed by atoms with Crippen LogP contribution in [-0.2, 0) is 0 Å². The Balaban J connectivity index is 2.13. The number of nitrogens with zero attached hydrogens (tertiary/aromatic N) is 1. The van der Waals surface area contributed by atoms with E-state index in [2.05, 4.69) is 4.90 Å². The van der Waals surface area contributed by atoms with Crippen molar-refractivity contribution in [3.05, 3.63) is 35.6 Å². The summed E-state index contributed by atoms with van der Waals surface area (Å²) in [4.78, 5) is 2.41. The molecule has 2 N–H and O–H groups in total. The summed E-state index contributed by atoms with van der Waals surface area (Å²) in [5.41, 5.74) is 6.84. The van der Waals surface area contributed by atoms with Crippen molar-refractivity contribution < 1.29 is 4.39 Å². The molecular weight excluding hydrogens is 203 g/mol. The average molecular weight is 222 g/mol. The van der Waals surface area contributed by atoms with Gasteiger partial charge in [-0.05, 0) is 37.1 Å². The molecule has 1 atom stereocenters. The van der Waals surface area contributed by atoms with Crippen LogP contribution in [0.15, 0.2) is 24.3 Å². The molecule has 88 valence electrons. The Morgan fingerprint density at radius 3 is 2.69 bits per heavy atom. The van der Waals surface area contributed by atoms with E-state index in [4.69, 9.17) is 5.73 Å². The zero-order valence-electron chi connectivity index (χ0n) is 9.53. The summed E-state index contributed by atoms with van der Waals surface area (Å²) in [6.45, 7) is 2.74. The Hall–Kier alpha value is -0.930. The fourth-order valence-corrected chi connectivity index (χ4v) is 2.49. The first kappa shape index (κ1) is 11.6. The number of likely N-dealkylation sites (tertiary alicyclic amines) is 1. The SMILES string of the molecule is NCCN1CCCCC1c1ccc(F)cc1. The second-order valence-electron chi connectivity index (χ2n) is 4.39. The zero-order valence-corrected chi connectivity index (χ0v) is 9.53. The monoisotopic (exact) mass is 222 g/mol. The van der Waals surface area contributed by atoms with E-state index in [1.54, 1.807) is 12.1 Å². The van der Waals surface area contributed by atoms with Crippen molar-refractivity contribution in [3.8, 4) is 0 Å². The lowest BCUT2D eigenvalue weighted by atomic mass is 9.95. The number of piperidine rings is 1. The maximum absolute atomic E-state index is 12.9. The molecule has 0 bridgehead atoms. The average Bonchev–Trinajstić information content (AvgIpc) is 2.32. The summed E-state index contributed by atoms with van der Waals surface area (Å²) in [7, 11) is 0. The van der Waals surface area contributed by atoms with Crippen LogP contribution in [0.4, 0.5) is 4.39 Å². The third-order valence-electron chi connectivity index (χ3n) is 3.28. The van der Waals surface area contributed by atoms with E-state index in [9.17, 15) is 4.39 Å². The molecule has 1 aromatic rings. The van der Waals surface area contributed by atoms with Gasteiger partial charge in [-0.3, -0.25) is 4.90 Å². The summed E-state index contributed by atoms with van der Waals surface area (Å²) >= 11 is 0. The van der Waals surface area contributed by atoms with Crippen molar-refractivity contribution in [2.75, 3.05) is 19.6 Å². The Labute approximate surface area is 96.2 Å². The van der Waals surface area contributed by atoms with Gasteiger partial charge in [0.2, 0.25) is 0 Å². The lowest BCUT2D eigenvalue weighted by molar-refractivity contribution is 0.153. The van der Waals surface area contributed by atoms with Gasteiger partial charge in [0.15, 0.2) is 0 Å². The van der Waals surface area contributed by atoms with Gasteiger partial charge in [-0.2, -0.15) is 0 Å². The fourth-order valence-electron chi connectivity index (χ4n) is 2.49. The molecule has 0 aliphatic carbocycles. The maximum atomic E-state index is 12.9. The third-order valence-corrected chi connectivity index (χ3v) is 3.28. The van der Waals surface area contributed by atoms with Gasteiger partial charge in [-0.15, -0.1) is 0 Å². The normalized spacial score (nSPS) is 22.2. The minimum absolute atomic E-state index is 0.162. The zero-order chi connectivity index (χ0) is 11.4. The predicted molar refractivity (Wildman–Crippen MR) is 63.6 cm³/mol. The number of rotatable bonds is 3. The van der Waals surface area contributed by atoms with Crippen LogP contribution in [0.25, 0.3) is 0 Å². The smallest absolute Gasteiger partial charge is 0.123 e. The van der Waals surface area contributed by atoms with Crippen LogP contribution >= 0.6 is 0 Å². The van der Waals surface area contributed by atoms with Crippen LogP contribution in [-0.4, -0.2) is 24.5 Å². The quantitative estimate of drug-likeness (QED) is 0.850. The van der Waals surface area contributed by atoms with Gasteiger partial charge in [0, 0.05) is 19.1 Å². The molecule has 0 amide bonds. The van der Waals surface area contributed by atoms with E-state index in [0.29, 0.717) is 12.6 Å². The molecule has 2 rings (SSSR count). The maximum Gasteiger partial charge on any atom is 0.123 e. The van der Waals surface area contributed by atoms with Gasteiger partial charge in [-0.25, -0.2) is 4.39 Å². The third kappa shape index (κ3) is 2.60. The molecule has 1 aromatic carbocycles. The first-order valence-electron chi connectivity index (χ1n) is 6.01. The Kier molecular flexibility index (Phi) is 3.91. The standard InChI is InChI=1S/C13H19FN2/c14-12-6-4-11(5-7-12)13-3-1-2-9-16(13)10-8-15/h4-7,13H,1-3,8-10,15H2. The van der Waals surface area contributed by atoms with Gasteiger partial charge in [0.1, 0.15) is 5.82 Å². The Morgan fingerprint density at radius 1 is 1.25 bits per heavy atom. The minimum atomic E-state index is -0.162. The molecule has 1 saturated heterocycles. The van der Waals surface area contributed by atoms with E-state index >= 15 is 0 Å². The molecule has 1 aliphatic rings. The van der Waals surface area contributed by atoms with Gasteiger partial charge in [-0.1, -0.05) is 18.6 Å². The van der Waals surface area contributed by atoms with Gasteiger partial charge < -0.3 is 5.73 Å².